The summed E-state index contributed by atoms with van der Waals surface area (Å²) in [7, 11) is 0. The lowest BCUT2D eigenvalue weighted by Crippen LogP contribution is -2.64. The Morgan fingerprint density at radius 3 is 2.56 bits per heavy atom. The van der Waals surface area contributed by atoms with Gasteiger partial charge in [0.05, 0.1) is 17.9 Å². The molecule has 2 heterocycles. The average molecular weight is 451 g/mol. The van der Waals surface area contributed by atoms with Crippen molar-refractivity contribution in [3.8, 4) is 5.75 Å². The van der Waals surface area contributed by atoms with Gasteiger partial charge in [-0.1, -0.05) is 49.1 Å². The zero-order chi connectivity index (χ0) is 22.3. The lowest BCUT2D eigenvalue weighted by molar-refractivity contribution is -0.134. The fourth-order valence-corrected chi connectivity index (χ4v) is 6.38. The minimum absolute atomic E-state index is 0.0731. The SMILES string of the molecule is CCOC(=O)C1=NN(c2ccc(C)cc2)[C@@]2(Oc3ccccc3C(=O)C23CCCCC3)S1. The summed E-state index contributed by atoms with van der Waals surface area (Å²) in [5.74, 6) is 0.106. The number of hydrazone groups is 1. The van der Waals surface area contributed by atoms with Gasteiger partial charge in [0.15, 0.2) is 5.78 Å². The van der Waals surface area contributed by atoms with Gasteiger partial charge in [0.2, 0.25) is 5.04 Å². The van der Waals surface area contributed by atoms with Gasteiger partial charge < -0.3 is 9.47 Å². The van der Waals surface area contributed by atoms with Crippen LogP contribution in [-0.4, -0.2) is 28.5 Å². The van der Waals surface area contributed by atoms with Crippen LogP contribution in [0.5, 0.6) is 5.75 Å². The molecule has 0 aromatic heterocycles. The number of thioether (sulfide) groups is 1. The van der Waals surface area contributed by atoms with Crippen LogP contribution in [0.25, 0.3) is 0 Å². The van der Waals surface area contributed by atoms with Gasteiger partial charge in [-0.3, -0.25) is 4.79 Å². The molecule has 0 saturated heterocycles. The molecule has 166 valence electrons. The summed E-state index contributed by atoms with van der Waals surface area (Å²) >= 11 is 1.22. The first-order valence-corrected chi connectivity index (χ1v) is 12.0. The predicted molar refractivity (Wildman–Crippen MR) is 125 cm³/mol. The summed E-state index contributed by atoms with van der Waals surface area (Å²) in [5, 5.41) is 5.48. The highest BCUT2D eigenvalue weighted by Gasteiger charge is 2.68. The van der Waals surface area contributed by atoms with Crippen LogP contribution in [0.3, 0.4) is 0 Å². The van der Waals surface area contributed by atoms with E-state index >= 15 is 0 Å². The van der Waals surface area contributed by atoms with E-state index in [1.165, 1.54) is 11.8 Å². The maximum atomic E-state index is 14.1. The standard InChI is InChI=1S/C25H26N2O4S/c1-3-30-23(29)22-26-27(18-13-11-17(2)12-14-18)25(32-22)24(15-7-4-8-16-24)21(28)19-9-5-6-10-20(19)31-25/h5-6,9-14H,3-4,7-8,15-16H2,1-2H3/t25-/m0/s1. The van der Waals surface area contributed by atoms with Crippen molar-refractivity contribution in [3.63, 3.8) is 0 Å². The summed E-state index contributed by atoms with van der Waals surface area (Å²) in [6.45, 7) is 4.04. The van der Waals surface area contributed by atoms with Crippen molar-refractivity contribution >= 4 is 34.2 Å². The fourth-order valence-electron chi connectivity index (χ4n) is 4.99. The number of anilines is 1. The monoisotopic (exact) mass is 450 g/mol. The number of hydrogen-bond donors (Lipinski definition) is 0. The third-order valence-electron chi connectivity index (χ3n) is 6.56. The van der Waals surface area contributed by atoms with Crippen LogP contribution < -0.4 is 9.75 Å². The molecule has 6 nitrogen and oxygen atoms in total. The van der Waals surface area contributed by atoms with Crippen LogP contribution in [0.1, 0.15) is 54.9 Å². The van der Waals surface area contributed by atoms with Crippen molar-refractivity contribution in [1.82, 2.24) is 0 Å². The Balaban J connectivity index is 1.71. The van der Waals surface area contributed by atoms with E-state index in [0.717, 1.165) is 30.5 Å². The molecule has 2 aromatic carbocycles. The Bertz CT molecular complexity index is 1090. The number of nitrogens with zero attached hydrogens (tertiary/aromatic N) is 2. The van der Waals surface area contributed by atoms with Gasteiger partial charge in [-0.05, 0) is 62.7 Å². The quantitative estimate of drug-likeness (QED) is 0.591. The van der Waals surface area contributed by atoms with Crippen molar-refractivity contribution in [3.05, 3.63) is 59.7 Å². The van der Waals surface area contributed by atoms with Gasteiger partial charge in [0, 0.05) is 0 Å². The molecule has 3 aliphatic rings. The topological polar surface area (TPSA) is 68.2 Å². The van der Waals surface area contributed by atoms with Gasteiger partial charge in [0.25, 0.3) is 5.06 Å². The van der Waals surface area contributed by atoms with Gasteiger partial charge in [-0.2, -0.15) is 5.10 Å². The van der Waals surface area contributed by atoms with Crippen molar-refractivity contribution in [2.24, 2.45) is 10.5 Å². The number of carbonyl (C=O) groups is 2. The van der Waals surface area contributed by atoms with E-state index in [2.05, 4.69) is 0 Å². The Morgan fingerprint density at radius 1 is 1.12 bits per heavy atom. The molecule has 0 amide bonds. The molecule has 1 atom stereocenters. The number of ether oxygens (including phenoxy) is 2. The number of hydrogen-bond acceptors (Lipinski definition) is 7. The zero-order valence-electron chi connectivity index (χ0n) is 18.3. The Labute approximate surface area is 192 Å². The number of fused-ring (bicyclic) bond motifs is 2. The summed E-state index contributed by atoms with van der Waals surface area (Å²) in [6.07, 6.45) is 4.29. The van der Waals surface area contributed by atoms with Crippen molar-refractivity contribution in [1.29, 1.82) is 0 Å². The first-order chi connectivity index (χ1) is 15.5. The highest BCUT2D eigenvalue weighted by atomic mass is 32.2. The van der Waals surface area contributed by atoms with Crippen molar-refractivity contribution in [2.45, 2.75) is 51.0 Å². The van der Waals surface area contributed by atoms with E-state index < -0.39 is 16.4 Å². The number of para-hydroxylation sites is 1. The first-order valence-electron chi connectivity index (χ1n) is 11.2. The average Bonchev–Trinajstić information content (AvgIpc) is 3.20. The second kappa shape index (κ2) is 7.96. The number of aryl methyl sites for hydroxylation is 1. The summed E-state index contributed by atoms with van der Waals surface area (Å²) < 4.78 is 12.0. The van der Waals surface area contributed by atoms with E-state index in [1.807, 2.05) is 55.5 Å². The molecule has 32 heavy (non-hydrogen) atoms. The maximum Gasteiger partial charge on any atom is 0.365 e. The maximum absolute atomic E-state index is 14.1. The Hall–Kier alpha value is -2.80. The highest BCUT2D eigenvalue weighted by molar-refractivity contribution is 8.17. The highest BCUT2D eigenvalue weighted by Crippen LogP contribution is 2.61. The normalized spacial score (nSPS) is 23.6. The molecule has 1 aliphatic carbocycles. The molecule has 0 N–H and O–H groups in total. The number of Topliss-reactive ketones (excluding diaryl/α,β-unsaturated/α-hetero) is 1. The molecule has 1 fully saturated rings. The fraction of sp³-hybridized carbons (Fsp3) is 0.400. The molecule has 0 radical (unpaired) electrons. The van der Waals surface area contributed by atoms with Crippen LogP contribution in [-0.2, 0) is 9.53 Å². The second-order valence-corrected chi connectivity index (χ2v) is 9.67. The second-order valence-electron chi connectivity index (χ2n) is 8.53. The van der Waals surface area contributed by atoms with Gasteiger partial charge >= 0.3 is 5.97 Å². The zero-order valence-corrected chi connectivity index (χ0v) is 19.1. The third-order valence-corrected chi connectivity index (χ3v) is 7.93. The number of ketones is 1. The third kappa shape index (κ3) is 3.05. The molecular weight excluding hydrogens is 424 g/mol. The van der Waals surface area contributed by atoms with Crippen molar-refractivity contribution < 1.29 is 19.1 Å². The Kier molecular flexibility index (Phi) is 5.24. The number of rotatable bonds is 3. The molecular formula is C25H26N2O4S. The van der Waals surface area contributed by atoms with E-state index in [9.17, 15) is 9.59 Å². The van der Waals surface area contributed by atoms with E-state index in [0.29, 0.717) is 24.2 Å². The smallest absolute Gasteiger partial charge is 0.365 e. The summed E-state index contributed by atoms with van der Waals surface area (Å²) in [4.78, 5) is 26.9. The minimum Gasteiger partial charge on any atom is -0.461 e. The summed E-state index contributed by atoms with van der Waals surface area (Å²) in [5.41, 5.74) is 1.67. The van der Waals surface area contributed by atoms with Crippen LogP contribution in [0, 0.1) is 12.3 Å². The molecule has 1 saturated carbocycles. The van der Waals surface area contributed by atoms with Gasteiger partial charge in [-0.25, -0.2) is 9.80 Å². The Morgan fingerprint density at radius 2 is 1.84 bits per heavy atom. The summed E-state index contributed by atoms with van der Waals surface area (Å²) in [6, 6.07) is 15.3. The van der Waals surface area contributed by atoms with Crippen LogP contribution in [0.15, 0.2) is 53.6 Å². The number of benzene rings is 2. The van der Waals surface area contributed by atoms with E-state index in [-0.39, 0.29) is 17.4 Å². The van der Waals surface area contributed by atoms with Crippen LogP contribution >= 0.6 is 11.8 Å². The van der Waals surface area contributed by atoms with Crippen LogP contribution in [0.4, 0.5) is 5.69 Å². The lowest BCUT2D eigenvalue weighted by Gasteiger charge is -2.53. The van der Waals surface area contributed by atoms with Gasteiger partial charge in [0.1, 0.15) is 11.2 Å². The lowest BCUT2D eigenvalue weighted by atomic mass is 9.66. The molecule has 7 heteroatoms. The molecule has 5 rings (SSSR count). The van der Waals surface area contributed by atoms with E-state index in [1.54, 1.807) is 11.9 Å². The largest absolute Gasteiger partial charge is 0.461 e. The molecule has 2 aliphatic heterocycles. The number of carbonyl (C=O) groups excluding carboxylic acids is 2. The molecule has 2 spiro atoms. The van der Waals surface area contributed by atoms with E-state index in [4.69, 9.17) is 14.6 Å². The first kappa shape index (κ1) is 21.1. The van der Waals surface area contributed by atoms with Crippen LogP contribution in [0.2, 0.25) is 0 Å². The molecule has 2 aromatic rings. The predicted octanol–water partition coefficient (Wildman–Crippen LogP) is 5.30. The minimum atomic E-state index is -1.18. The molecule has 0 bridgehead atoms. The van der Waals surface area contributed by atoms with Gasteiger partial charge in [-0.15, -0.1) is 0 Å². The molecule has 0 unspecified atom stereocenters. The van der Waals surface area contributed by atoms with Crippen molar-refractivity contribution in [2.75, 3.05) is 11.6 Å². The number of esters is 1.